The Labute approximate surface area is 245 Å². The van der Waals surface area contributed by atoms with Gasteiger partial charge in [-0.15, -0.1) is 0 Å². The summed E-state index contributed by atoms with van der Waals surface area (Å²) >= 11 is 6.48. The molecule has 11 heteroatoms. The van der Waals surface area contributed by atoms with Gasteiger partial charge in [0.2, 0.25) is 11.8 Å². The third kappa shape index (κ3) is 8.13. The predicted molar refractivity (Wildman–Crippen MR) is 155 cm³/mol. The number of carbonyl (C=O) groups is 4. The Bertz CT molecular complexity index is 1320. The van der Waals surface area contributed by atoms with Crippen LogP contribution in [0.3, 0.4) is 0 Å². The summed E-state index contributed by atoms with van der Waals surface area (Å²) in [5, 5.41) is 8.58. The summed E-state index contributed by atoms with van der Waals surface area (Å²) < 4.78 is 11.6. The van der Waals surface area contributed by atoms with E-state index in [1.165, 1.54) is 0 Å². The molecule has 0 radical (unpaired) electrons. The summed E-state index contributed by atoms with van der Waals surface area (Å²) in [6, 6.07) is 8.15. The van der Waals surface area contributed by atoms with Crippen molar-refractivity contribution in [2.45, 2.75) is 65.0 Å². The maximum atomic E-state index is 12.7. The zero-order chi connectivity index (χ0) is 29.7. The Hall–Kier alpha value is -3.31. The summed E-state index contributed by atoms with van der Waals surface area (Å²) in [4.78, 5) is 50.0. The average molecular weight is 585 g/mol. The highest BCUT2D eigenvalue weighted by Gasteiger charge is 2.30. The molecule has 2 aromatic carbocycles. The van der Waals surface area contributed by atoms with Crippen LogP contribution >= 0.6 is 11.6 Å². The van der Waals surface area contributed by atoms with Crippen LogP contribution in [0.25, 0.3) is 0 Å². The topological polar surface area (TPSA) is 126 Å². The maximum absolute atomic E-state index is 12.7. The molecule has 0 aliphatic carbocycles. The minimum absolute atomic E-state index is 0.181. The fraction of sp³-hybridized carbons (Fsp3) is 0.467. The second kappa shape index (κ2) is 13.1. The van der Waals surface area contributed by atoms with Gasteiger partial charge >= 0.3 is 6.03 Å². The van der Waals surface area contributed by atoms with E-state index in [1.54, 1.807) is 19.2 Å². The third-order valence-corrected chi connectivity index (χ3v) is 7.90. The second-order valence-corrected chi connectivity index (χ2v) is 11.6. The lowest BCUT2D eigenvalue weighted by molar-refractivity contribution is -0.261. The number of likely N-dealkylation sites (N-methyl/N-ethyl adjacent to an activating group) is 1. The number of benzene rings is 2. The van der Waals surface area contributed by atoms with E-state index in [2.05, 4.69) is 16.0 Å². The first-order valence-electron chi connectivity index (χ1n) is 13.7. The highest BCUT2D eigenvalue weighted by Crippen LogP contribution is 2.29. The smallest absolute Gasteiger partial charge is 0.319 e. The Morgan fingerprint density at radius 3 is 2.59 bits per heavy atom. The van der Waals surface area contributed by atoms with E-state index in [0.29, 0.717) is 48.9 Å². The molecule has 2 saturated heterocycles. The van der Waals surface area contributed by atoms with Gasteiger partial charge in [-0.1, -0.05) is 23.7 Å². The fourth-order valence-electron chi connectivity index (χ4n) is 5.02. The van der Waals surface area contributed by atoms with E-state index in [9.17, 15) is 19.2 Å². The molecule has 41 heavy (non-hydrogen) atoms. The Balaban J connectivity index is 1.33. The van der Waals surface area contributed by atoms with Gasteiger partial charge in [0.05, 0.1) is 19.3 Å². The van der Waals surface area contributed by atoms with Crippen molar-refractivity contribution in [2.24, 2.45) is 5.92 Å². The van der Waals surface area contributed by atoms with E-state index >= 15 is 0 Å². The lowest BCUT2D eigenvalue weighted by Gasteiger charge is -2.35. The first kappa shape index (κ1) is 30.6. The molecule has 2 aliphatic heterocycles. The molecule has 3 N–H and O–H groups in total. The van der Waals surface area contributed by atoms with E-state index in [-0.39, 0.29) is 30.7 Å². The average Bonchev–Trinajstić information content (AvgIpc) is 2.91. The quantitative estimate of drug-likeness (QED) is 0.301. The van der Waals surface area contributed by atoms with Crippen LogP contribution in [0, 0.1) is 12.8 Å². The number of urea groups is 1. The number of halogens is 1. The summed E-state index contributed by atoms with van der Waals surface area (Å²) in [5.74, 6) is -0.996. The number of nitrogens with zero attached hydrogens (tertiary/aromatic N) is 1. The number of imide groups is 1. The van der Waals surface area contributed by atoms with Crippen LogP contribution in [0.5, 0.6) is 0 Å². The number of anilines is 1. The number of amides is 4. The van der Waals surface area contributed by atoms with Gasteiger partial charge in [0.15, 0.2) is 5.79 Å². The van der Waals surface area contributed by atoms with Crippen molar-refractivity contribution >= 4 is 41.4 Å². The molecule has 0 aromatic heterocycles. The minimum atomic E-state index is -0.580. The van der Waals surface area contributed by atoms with Gasteiger partial charge in [0.25, 0.3) is 0 Å². The first-order valence-corrected chi connectivity index (χ1v) is 14.0. The molecule has 10 nitrogen and oxygen atoms in total. The van der Waals surface area contributed by atoms with Gasteiger partial charge in [0.1, 0.15) is 6.29 Å². The predicted octanol–water partition coefficient (Wildman–Crippen LogP) is 3.96. The Morgan fingerprint density at radius 2 is 1.90 bits per heavy atom. The Morgan fingerprint density at radius 1 is 1.17 bits per heavy atom. The van der Waals surface area contributed by atoms with Crippen LogP contribution < -0.4 is 16.0 Å². The molecule has 2 aromatic rings. The zero-order valence-electron chi connectivity index (χ0n) is 23.8. The molecule has 0 spiro atoms. The number of nitrogens with one attached hydrogen (secondary N) is 3. The van der Waals surface area contributed by atoms with Crippen LogP contribution in [0.4, 0.5) is 10.5 Å². The molecule has 2 aliphatic rings. The molecular formula is C30H37ClN4O6. The Kier molecular flexibility index (Phi) is 9.80. The molecule has 0 saturated carbocycles. The maximum Gasteiger partial charge on any atom is 0.319 e. The highest BCUT2D eigenvalue weighted by molar-refractivity contribution is 6.31. The van der Waals surface area contributed by atoms with Crippen LogP contribution in [-0.4, -0.2) is 61.1 Å². The largest absolute Gasteiger partial charge is 0.350 e. The number of ether oxygens (including phenoxy) is 2. The number of carbonyl (C=O) groups excluding carboxylic acids is 4. The van der Waals surface area contributed by atoms with Crippen molar-refractivity contribution in [3.8, 4) is 0 Å². The lowest BCUT2D eigenvalue weighted by atomic mass is 9.95. The summed E-state index contributed by atoms with van der Waals surface area (Å²) in [5.41, 5.74) is 4.51. The molecule has 220 valence electrons. The van der Waals surface area contributed by atoms with Gasteiger partial charge < -0.3 is 20.1 Å². The van der Waals surface area contributed by atoms with Gasteiger partial charge in [-0.3, -0.25) is 24.6 Å². The van der Waals surface area contributed by atoms with Crippen LogP contribution in [-0.2, 0) is 38.6 Å². The van der Waals surface area contributed by atoms with Gasteiger partial charge in [0, 0.05) is 41.7 Å². The SMILES string of the molecule is Cc1c(Cl)cc(NC(=O)NCc2ccc(CN(C)C3CCC(=O)NC3=O)c(C=O)c2)cc1CC1COC(C)(C)OC1. The van der Waals surface area contributed by atoms with Crippen molar-refractivity contribution < 1.29 is 28.7 Å². The molecule has 2 heterocycles. The number of hydrogen-bond donors (Lipinski definition) is 3. The molecule has 1 atom stereocenters. The number of hydrogen-bond acceptors (Lipinski definition) is 7. The third-order valence-electron chi connectivity index (χ3n) is 7.50. The van der Waals surface area contributed by atoms with Crippen molar-refractivity contribution in [1.82, 2.24) is 15.5 Å². The molecule has 2 fully saturated rings. The first-order chi connectivity index (χ1) is 19.4. The van der Waals surface area contributed by atoms with Crippen LogP contribution in [0.15, 0.2) is 30.3 Å². The second-order valence-electron chi connectivity index (χ2n) is 11.2. The van der Waals surface area contributed by atoms with E-state index < -0.39 is 17.9 Å². The normalized spacial score (nSPS) is 19.1. The summed E-state index contributed by atoms with van der Waals surface area (Å²) in [6.45, 7) is 7.47. The minimum Gasteiger partial charge on any atom is -0.350 e. The van der Waals surface area contributed by atoms with E-state index in [1.807, 2.05) is 43.9 Å². The van der Waals surface area contributed by atoms with Crippen LogP contribution in [0.2, 0.25) is 5.02 Å². The van der Waals surface area contributed by atoms with E-state index in [0.717, 1.165) is 28.5 Å². The number of piperidine rings is 1. The molecule has 4 rings (SSSR count). The summed E-state index contributed by atoms with van der Waals surface area (Å²) in [7, 11) is 1.79. The molecule has 0 bridgehead atoms. The summed E-state index contributed by atoms with van der Waals surface area (Å²) in [6.07, 6.45) is 2.19. The van der Waals surface area contributed by atoms with Crippen molar-refractivity contribution in [3.63, 3.8) is 0 Å². The number of rotatable bonds is 9. The van der Waals surface area contributed by atoms with Crippen molar-refractivity contribution in [2.75, 3.05) is 25.6 Å². The zero-order valence-corrected chi connectivity index (χ0v) is 24.6. The number of aldehydes is 1. The van der Waals surface area contributed by atoms with Crippen molar-refractivity contribution in [3.05, 3.63) is 63.2 Å². The monoisotopic (exact) mass is 584 g/mol. The molecular weight excluding hydrogens is 548 g/mol. The van der Waals surface area contributed by atoms with Crippen LogP contribution in [0.1, 0.15) is 59.3 Å². The standard InChI is InChI=1S/C30H37ClN4O6/c1-18-22(10-20-16-40-30(2,3)41-17-20)11-24(12-25(18)31)33-29(39)32-13-19-5-6-21(23(9-19)15-36)14-35(4)26-7-8-27(37)34-28(26)38/h5-6,9,11-12,15,20,26H,7-8,10,13-14,16-17H2,1-4H3,(H2,32,33,39)(H,34,37,38). The van der Waals surface area contributed by atoms with E-state index in [4.69, 9.17) is 21.1 Å². The van der Waals surface area contributed by atoms with Gasteiger partial charge in [-0.05, 0) is 81.1 Å². The highest BCUT2D eigenvalue weighted by atomic mass is 35.5. The molecule has 4 amide bonds. The van der Waals surface area contributed by atoms with Gasteiger partial charge in [-0.25, -0.2) is 4.79 Å². The van der Waals surface area contributed by atoms with Gasteiger partial charge in [-0.2, -0.15) is 0 Å². The lowest BCUT2D eigenvalue weighted by Crippen LogP contribution is -2.51. The fourth-order valence-corrected chi connectivity index (χ4v) is 5.26. The van der Waals surface area contributed by atoms with Crippen molar-refractivity contribution in [1.29, 1.82) is 0 Å². The molecule has 1 unspecified atom stereocenters.